The molecule has 1 aromatic heterocycles. The van der Waals surface area contributed by atoms with Crippen LogP contribution in [0, 0.1) is 25.2 Å². The standard InChI is InChI=1S/C25H35N5O2/c1-19-24(20(2)30(27-19)15-6-14-26)12-13-25(31)29(18-23-7-5-16-32-23)17-21-8-10-22(11-9-21)28(3)4/h8-11,23H,5-7,12-13,15-18H2,1-4H3. The van der Waals surface area contributed by atoms with E-state index in [4.69, 9.17) is 10.00 Å². The van der Waals surface area contributed by atoms with E-state index in [9.17, 15) is 4.79 Å². The zero-order valence-corrected chi connectivity index (χ0v) is 19.8. The van der Waals surface area contributed by atoms with Crippen molar-refractivity contribution >= 4 is 11.6 Å². The van der Waals surface area contributed by atoms with Crippen LogP contribution in [0.25, 0.3) is 0 Å². The van der Waals surface area contributed by atoms with Gasteiger partial charge in [0.2, 0.25) is 5.91 Å². The van der Waals surface area contributed by atoms with Gasteiger partial charge in [0.25, 0.3) is 0 Å². The molecule has 0 radical (unpaired) electrons. The molecule has 32 heavy (non-hydrogen) atoms. The highest BCUT2D eigenvalue weighted by atomic mass is 16.5. The first-order valence-electron chi connectivity index (χ1n) is 11.4. The van der Waals surface area contributed by atoms with E-state index in [1.807, 2.05) is 37.5 Å². The topological polar surface area (TPSA) is 74.4 Å². The van der Waals surface area contributed by atoms with E-state index in [2.05, 4.69) is 40.3 Å². The van der Waals surface area contributed by atoms with Gasteiger partial charge in [0.05, 0.1) is 30.8 Å². The number of hydrogen-bond donors (Lipinski definition) is 0. The molecule has 2 heterocycles. The van der Waals surface area contributed by atoms with Gasteiger partial charge < -0.3 is 14.5 Å². The molecular formula is C25H35N5O2. The molecule has 1 amide bonds. The van der Waals surface area contributed by atoms with Crippen molar-refractivity contribution in [3.63, 3.8) is 0 Å². The summed E-state index contributed by atoms with van der Waals surface area (Å²) >= 11 is 0. The minimum absolute atomic E-state index is 0.122. The first kappa shape index (κ1) is 23.8. The number of aryl methyl sites for hydroxylation is 2. The molecule has 0 aliphatic carbocycles. The minimum Gasteiger partial charge on any atom is -0.378 e. The van der Waals surface area contributed by atoms with Gasteiger partial charge in [-0.3, -0.25) is 9.48 Å². The lowest BCUT2D eigenvalue weighted by Crippen LogP contribution is -2.37. The first-order chi connectivity index (χ1) is 15.4. The number of aromatic nitrogens is 2. The van der Waals surface area contributed by atoms with Gasteiger partial charge in [-0.1, -0.05) is 12.1 Å². The van der Waals surface area contributed by atoms with E-state index in [1.54, 1.807) is 0 Å². The number of rotatable bonds is 10. The summed E-state index contributed by atoms with van der Waals surface area (Å²) in [5.41, 5.74) is 5.38. The van der Waals surface area contributed by atoms with E-state index in [0.717, 1.165) is 47.7 Å². The summed E-state index contributed by atoms with van der Waals surface area (Å²) in [6, 6.07) is 10.5. The molecule has 0 bridgehead atoms. The number of carbonyl (C=O) groups is 1. The van der Waals surface area contributed by atoms with Crippen molar-refractivity contribution < 1.29 is 9.53 Å². The summed E-state index contributed by atoms with van der Waals surface area (Å²) in [5.74, 6) is 0.140. The van der Waals surface area contributed by atoms with Crippen LogP contribution in [0.3, 0.4) is 0 Å². The second-order valence-electron chi connectivity index (χ2n) is 8.75. The molecule has 0 N–H and O–H groups in total. The zero-order valence-electron chi connectivity index (χ0n) is 19.8. The van der Waals surface area contributed by atoms with Gasteiger partial charge in [-0.15, -0.1) is 0 Å². The molecule has 172 valence electrons. The van der Waals surface area contributed by atoms with Gasteiger partial charge in [0.1, 0.15) is 0 Å². The number of ether oxygens (including phenoxy) is 1. The lowest BCUT2D eigenvalue weighted by Gasteiger charge is -2.26. The molecule has 1 aliphatic rings. The number of nitriles is 1. The Labute approximate surface area is 191 Å². The maximum Gasteiger partial charge on any atom is 0.223 e. The predicted molar refractivity (Wildman–Crippen MR) is 125 cm³/mol. The Hall–Kier alpha value is -2.85. The fraction of sp³-hybridized carbons (Fsp3) is 0.560. The average Bonchev–Trinajstić information content (AvgIpc) is 3.38. The van der Waals surface area contributed by atoms with Gasteiger partial charge in [-0.25, -0.2) is 0 Å². The molecule has 1 saturated heterocycles. The average molecular weight is 438 g/mol. The van der Waals surface area contributed by atoms with Crippen molar-refractivity contribution in [2.24, 2.45) is 0 Å². The molecule has 0 saturated carbocycles. The summed E-state index contributed by atoms with van der Waals surface area (Å²) in [5, 5.41) is 13.4. The highest BCUT2D eigenvalue weighted by Crippen LogP contribution is 2.20. The smallest absolute Gasteiger partial charge is 0.223 e. The molecule has 0 spiro atoms. The lowest BCUT2D eigenvalue weighted by atomic mass is 10.1. The number of hydrogen-bond acceptors (Lipinski definition) is 5. The first-order valence-corrected chi connectivity index (χ1v) is 11.4. The number of nitrogens with zero attached hydrogens (tertiary/aromatic N) is 5. The normalized spacial score (nSPS) is 15.5. The maximum atomic E-state index is 13.3. The monoisotopic (exact) mass is 437 g/mol. The third kappa shape index (κ3) is 6.10. The fourth-order valence-electron chi connectivity index (χ4n) is 4.27. The quantitative estimate of drug-likeness (QED) is 0.568. The Bertz CT molecular complexity index is 936. The summed E-state index contributed by atoms with van der Waals surface area (Å²) in [6.45, 7) is 6.59. The lowest BCUT2D eigenvalue weighted by molar-refractivity contribution is -0.133. The second-order valence-corrected chi connectivity index (χ2v) is 8.75. The molecule has 1 aliphatic heterocycles. The number of anilines is 1. The molecule has 7 nitrogen and oxygen atoms in total. The number of amides is 1. The molecule has 7 heteroatoms. The van der Waals surface area contributed by atoms with Crippen LogP contribution in [0.4, 0.5) is 5.69 Å². The van der Waals surface area contributed by atoms with Crippen LogP contribution >= 0.6 is 0 Å². The summed E-state index contributed by atoms with van der Waals surface area (Å²) in [7, 11) is 4.05. The molecule has 3 rings (SSSR count). The van der Waals surface area contributed by atoms with Crippen LogP contribution in [0.1, 0.15) is 48.2 Å². The summed E-state index contributed by atoms with van der Waals surface area (Å²) in [6.07, 6.45) is 3.72. The Morgan fingerprint density at radius 2 is 2.03 bits per heavy atom. The van der Waals surface area contributed by atoms with Gasteiger partial charge in [0.15, 0.2) is 0 Å². The van der Waals surface area contributed by atoms with Crippen LogP contribution in [-0.4, -0.2) is 53.9 Å². The number of benzene rings is 1. The number of carbonyl (C=O) groups excluding carboxylic acids is 1. The summed E-state index contributed by atoms with van der Waals surface area (Å²) in [4.78, 5) is 17.3. The SMILES string of the molecule is Cc1nn(CCC#N)c(C)c1CCC(=O)N(Cc1ccc(N(C)C)cc1)CC1CCCO1. The predicted octanol–water partition coefficient (Wildman–Crippen LogP) is 3.62. The largest absolute Gasteiger partial charge is 0.378 e. The van der Waals surface area contributed by atoms with Crippen LogP contribution < -0.4 is 4.90 Å². The van der Waals surface area contributed by atoms with Crippen molar-refractivity contribution in [1.29, 1.82) is 5.26 Å². The van der Waals surface area contributed by atoms with Gasteiger partial charge in [-0.05, 0) is 56.4 Å². The van der Waals surface area contributed by atoms with Crippen molar-refractivity contribution in [2.75, 3.05) is 32.1 Å². The second kappa shape index (κ2) is 11.1. The molecule has 1 unspecified atom stereocenters. The summed E-state index contributed by atoms with van der Waals surface area (Å²) < 4.78 is 7.71. The molecule has 1 fully saturated rings. The van der Waals surface area contributed by atoms with Crippen LogP contribution in [0.2, 0.25) is 0 Å². The molecule has 2 aromatic rings. The highest BCUT2D eigenvalue weighted by molar-refractivity contribution is 5.76. The van der Waals surface area contributed by atoms with E-state index >= 15 is 0 Å². The maximum absolute atomic E-state index is 13.3. The van der Waals surface area contributed by atoms with Crippen LogP contribution in [0.15, 0.2) is 24.3 Å². The third-order valence-corrected chi connectivity index (χ3v) is 6.18. The third-order valence-electron chi connectivity index (χ3n) is 6.18. The van der Waals surface area contributed by atoms with E-state index in [0.29, 0.717) is 38.9 Å². The molecule has 1 aromatic carbocycles. The minimum atomic E-state index is 0.122. The zero-order chi connectivity index (χ0) is 23.1. The van der Waals surface area contributed by atoms with Crippen molar-refractivity contribution in [1.82, 2.24) is 14.7 Å². The Morgan fingerprint density at radius 1 is 1.28 bits per heavy atom. The van der Waals surface area contributed by atoms with Gasteiger partial charge in [0, 0.05) is 51.6 Å². The van der Waals surface area contributed by atoms with Gasteiger partial charge >= 0.3 is 0 Å². The van der Waals surface area contributed by atoms with Crippen LogP contribution in [-0.2, 0) is 29.0 Å². The van der Waals surface area contributed by atoms with Gasteiger partial charge in [-0.2, -0.15) is 10.4 Å². The van der Waals surface area contributed by atoms with Crippen molar-refractivity contribution in [3.8, 4) is 6.07 Å². The van der Waals surface area contributed by atoms with Crippen molar-refractivity contribution in [2.45, 2.75) is 65.1 Å². The Balaban J connectivity index is 1.68. The highest BCUT2D eigenvalue weighted by Gasteiger charge is 2.23. The van der Waals surface area contributed by atoms with E-state index < -0.39 is 0 Å². The Kier molecular flexibility index (Phi) is 8.29. The molecule has 1 atom stereocenters. The van der Waals surface area contributed by atoms with E-state index in [-0.39, 0.29) is 12.0 Å². The van der Waals surface area contributed by atoms with Crippen LogP contribution in [0.5, 0.6) is 0 Å². The van der Waals surface area contributed by atoms with E-state index in [1.165, 1.54) is 0 Å². The fourth-order valence-corrected chi connectivity index (χ4v) is 4.27. The molecular weight excluding hydrogens is 402 g/mol. The Morgan fingerprint density at radius 3 is 2.66 bits per heavy atom. The van der Waals surface area contributed by atoms with Crippen molar-refractivity contribution in [3.05, 3.63) is 46.8 Å².